The summed E-state index contributed by atoms with van der Waals surface area (Å²) in [6.07, 6.45) is 0.516. The van der Waals surface area contributed by atoms with Gasteiger partial charge in [0.25, 0.3) is 5.91 Å². The normalized spacial score (nSPS) is 14.3. The summed E-state index contributed by atoms with van der Waals surface area (Å²) in [5.41, 5.74) is 7.77. The molecule has 1 aromatic carbocycles. The van der Waals surface area contributed by atoms with Crippen LogP contribution in [-0.4, -0.2) is 11.5 Å². The zero-order valence-electron chi connectivity index (χ0n) is 8.99. The maximum Gasteiger partial charge on any atom is 0.252 e. The summed E-state index contributed by atoms with van der Waals surface area (Å²) in [6.45, 7) is 3.50. The first-order valence-corrected chi connectivity index (χ1v) is 4.87. The predicted molar refractivity (Wildman–Crippen MR) is 59.0 cm³/mol. The van der Waals surface area contributed by atoms with E-state index >= 15 is 0 Å². The van der Waals surface area contributed by atoms with Crippen molar-refractivity contribution in [2.45, 2.75) is 25.9 Å². The number of benzene rings is 1. The minimum absolute atomic E-state index is 0.478. The Morgan fingerprint density at radius 2 is 2.07 bits per heavy atom. The molecular formula is C11H16N2O2. The van der Waals surface area contributed by atoms with Crippen molar-refractivity contribution in [1.29, 1.82) is 0 Å². The van der Waals surface area contributed by atoms with Crippen molar-refractivity contribution < 1.29 is 9.63 Å². The van der Waals surface area contributed by atoms with Crippen LogP contribution in [0.2, 0.25) is 0 Å². The van der Waals surface area contributed by atoms with Gasteiger partial charge < -0.3 is 5.73 Å². The molecule has 15 heavy (non-hydrogen) atoms. The van der Waals surface area contributed by atoms with E-state index in [1.165, 1.54) is 0 Å². The molecular weight excluding hydrogens is 192 g/mol. The van der Waals surface area contributed by atoms with Crippen molar-refractivity contribution in [3.63, 3.8) is 0 Å². The summed E-state index contributed by atoms with van der Waals surface area (Å²) in [5.74, 6) is -0.478. The first-order valence-electron chi connectivity index (χ1n) is 4.87. The van der Waals surface area contributed by atoms with Gasteiger partial charge in [-0.1, -0.05) is 25.1 Å². The first kappa shape index (κ1) is 11.5. The molecule has 0 aliphatic rings. The van der Waals surface area contributed by atoms with Crippen LogP contribution in [0.15, 0.2) is 30.3 Å². The Kier molecular flexibility index (Phi) is 3.68. The lowest BCUT2D eigenvalue weighted by atomic mass is 10.0. The lowest BCUT2D eigenvalue weighted by Crippen LogP contribution is -2.44. The summed E-state index contributed by atoms with van der Waals surface area (Å²) in [7, 11) is 0. The number of carbonyl (C=O) groups is 1. The number of hydrogen-bond acceptors (Lipinski definition) is 3. The molecule has 0 fully saturated rings. The monoisotopic (exact) mass is 208 g/mol. The van der Waals surface area contributed by atoms with Gasteiger partial charge in [-0.15, -0.1) is 0 Å². The van der Waals surface area contributed by atoms with E-state index in [2.05, 4.69) is 5.48 Å². The molecule has 0 aliphatic carbocycles. The lowest BCUT2D eigenvalue weighted by Gasteiger charge is -2.24. The molecule has 1 aromatic rings. The fraction of sp³-hybridized carbons (Fsp3) is 0.364. The summed E-state index contributed by atoms with van der Waals surface area (Å²) >= 11 is 0. The molecule has 1 unspecified atom stereocenters. The number of para-hydroxylation sites is 1. The van der Waals surface area contributed by atoms with Crippen molar-refractivity contribution >= 4 is 11.6 Å². The van der Waals surface area contributed by atoms with E-state index in [4.69, 9.17) is 10.6 Å². The number of nitrogens with one attached hydrogen (secondary N) is 1. The molecule has 0 spiro atoms. The average Bonchev–Trinajstić information content (AvgIpc) is 2.27. The molecule has 0 aromatic heterocycles. The van der Waals surface area contributed by atoms with Gasteiger partial charge in [0.1, 0.15) is 0 Å². The van der Waals surface area contributed by atoms with E-state index in [1.807, 2.05) is 37.3 Å². The van der Waals surface area contributed by atoms with Crippen LogP contribution in [0.4, 0.5) is 5.69 Å². The highest BCUT2D eigenvalue weighted by Crippen LogP contribution is 2.16. The topological polar surface area (TPSA) is 64.3 Å². The van der Waals surface area contributed by atoms with E-state index in [1.54, 1.807) is 6.92 Å². The molecule has 0 saturated heterocycles. The van der Waals surface area contributed by atoms with Crippen molar-refractivity contribution in [2.75, 3.05) is 5.48 Å². The molecule has 4 heteroatoms. The second-order valence-electron chi connectivity index (χ2n) is 3.52. The second-order valence-corrected chi connectivity index (χ2v) is 3.52. The molecule has 1 atom stereocenters. The van der Waals surface area contributed by atoms with E-state index in [0.717, 1.165) is 5.69 Å². The van der Waals surface area contributed by atoms with Gasteiger partial charge in [-0.3, -0.25) is 15.1 Å². The van der Waals surface area contributed by atoms with Gasteiger partial charge in [-0.2, -0.15) is 0 Å². The zero-order valence-corrected chi connectivity index (χ0v) is 8.99. The number of amides is 1. The third-order valence-electron chi connectivity index (χ3n) is 2.36. The molecule has 1 rings (SSSR count). The summed E-state index contributed by atoms with van der Waals surface area (Å²) in [5, 5.41) is 0. The SMILES string of the molecule is CCC(C)(ONc1ccccc1)C(N)=O. The summed E-state index contributed by atoms with van der Waals surface area (Å²) in [4.78, 5) is 16.4. The maximum absolute atomic E-state index is 11.1. The van der Waals surface area contributed by atoms with E-state index in [-0.39, 0.29) is 0 Å². The van der Waals surface area contributed by atoms with Crippen molar-refractivity contribution in [3.05, 3.63) is 30.3 Å². The molecule has 1 amide bonds. The third-order valence-corrected chi connectivity index (χ3v) is 2.36. The van der Waals surface area contributed by atoms with Crippen LogP contribution < -0.4 is 11.2 Å². The average molecular weight is 208 g/mol. The van der Waals surface area contributed by atoms with Crippen LogP contribution in [0.5, 0.6) is 0 Å². The Morgan fingerprint density at radius 1 is 1.47 bits per heavy atom. The molecule has 82 valence electrons. The van der Waals surface area contributed by atoms with Crippen LogP contribution >= 0.6 is 0 Å². The molecule has 0 bridgehead atoms. The van der Waals surface area contributed by atoms with Gasteiger partial charge in [0, 0.05) is 0 Å². The smallest absolute Gasteiger partial charge is 0.252 e. The quantitative estimate of drug-likeness (QED) is 0.724. The molecule has 3 N–H and O–H groups in total. The number of carbonyl (C=O) groups excluding carboxylic acids is 1. The Morgan fingerprint density at radius 3 is 2.53 bits per heavy atom. The summed E-state index contributed by atoms with van der Waals surface area (Å²) < 4.78 is 0. The largest absolute Gasteiger partial charge is 0.367 e. The molecule has 0 aliphatic heterocycles. The van der Waals surface area contributed by atoms with Gasteiger partial charge >= 0.3 is 0 Å². The number of primary amides is 1. The Balaban J connectivity index is 2.59. The van der Waals surface area contributed by atoms with Gasteiger partial charge in [0.05, 0.1) is 5.69 Å². The summed E-state index contributed by atoms with van der Waals surface area (Å²) in [6, 6.07) is 9.34. The third kappa shape index (κ3) is 2.95. The maximum atomic E-state index is 11.1. The molecule has 4 nitrogen and oxygen atoms in total. The fourth-order valence-corrected chi connectivity index (χ4v) is 0.974. The van der Waals surface area contributed by atoms with Crippen LogP contribution in [0, 0.1) is 0 Å². The highest BCUT2D eigenvalue weighted by molar-refractivity contribution is 5.83. The van der Waals surface area contributed by atoms with Gasteiger partial charge in [0.2, 0.25) is 0 Å². The number of nitrogens with two attached hydrogens (primary N) is 1. The standard InChI is InChI=1S/C11H16N2O2/c1-3-11(2,10(12)14)15-13-9-7-5-4-6-8-9/h4-8,13H,3H2,1-2H3,(H2,12,14). The van der Waals surface area contributed by atoms with Crippen molar-refractivity contribution in [2.24, 2.45) is 5.73 Å². The van der Waals surface area contributed by atoms with Crippen LogP contribution in [0.3, 0.4) is 0 Å². The number of rotatable bonds is 5. The second kappa shape index (κ2) is 4.79. The van der Waals surface area contributed by atoms with Crippen LogP contribution in [0.25, 0.3) is 0 Å². The van der Waals surface area contributed by atoms with Gasteiger partial charge in [-0.05, 0) is 25.5 Å². The van der Waals surface area contributed by atoms with Crippen molar-refractivity contribution in [1.82, 2.24) is 0 Å². The Bertz CT molecular complexity index is 327. The Hall–Kier alpha value is -1.55. The first-order chi connectivity index (χ1) is 7.08. The molecule has 0 saturated carbocycles. The number of anilines is 1. The van der Waals surface area contributed by atoms with Crippen LogP contribution in [0.1, 0.15) is 20.3 Å². The van der Waals surface area contributed by atoms with Crippen LogP contribution in [-0.2, 0) is 9.63 Å². The van der Waals surface area contributed by atoms with Crippen molar-refractivity contribution in [3.8, 4) is 0 Å². The van der Waals surface area contributed by atoms with E-state index in [0.29, 0.717) is 6.42 Å². The highest BCUT2D eigenvalue weighted by Gasteiger charge is 2.30. The Labute approximate surface area is 89.4 Å². The predicted octanol–water partition coefficient (Wildman–Crippen LogP) is 1.68. The lowest BCUT2D eigenvalue weighted by molar-refractivity contribution is -0.138. The zero-order chi connectivity index (χ0) is 11.3. The fourth-order valence-electron chi connectivity index (χ4n) is 0.974. The highest BCUT2D eigenvalue weighted by atomic mass is 16.7. The van der Waals surface area contributed by atoms with E-state index in [9.17, 15) is 4.79 Å². The minimum Gasteiger partial charge on any atom is -0.367 e. The molecule has 0 radical (unpaired) electrons. The van der Waals surface area contributed by atoms with Gasteiger partial charge in [-0.25, -0.2) is 0 Å². The molecule has 0 heterocycles. The number of hydrogen-bond donors (Lipinski definition) is 2. The minimum atomic E-state index is -0.976. The van der Waals surface area contributed by atoms with Gasteiger partial charge in [0.15, 0.2) is 5.60 Å². The van der Waals surface area contributed by atoms with E-state index < -0.39 is 11.5 Å².